The number of hydrogen-bond acceptors (Lipinski definition) is 4. The van der Waals surface area contributed by atoms with Crippen LogP contribution in [0, 0.1) is 5.92 Å². The largest absolute Gasteiger partial charge is 0.378 e. The van der Waals surface area contributed by atoms with Crippen LogP contribution >= 0.6 is 12.2 Å². The second-order valence-corrected chi connectivity index (χ2v) is 8.04. The van der Waals surface area contributed by atoms with Crippen molar-refractivity contribution in [2.75, 3.05) is 56.7 Å². The lowest BCUT2D eigenvalue weighted by Crippen LogP contribution is -2.42. The Balaban J connectivity index is 1.75. The van der Waals surface area contributed by atoms with Crippen LogP contribution in [-0.4, -0.2) is 62.4 Å². The lowest BCUT2D eigenvalue weighted by molar-refractivity contribution is -0.116. The van der Waals surface area contributed by atoms with Crippen LogP contribution < -0.4 is 15.5 Å². The number of likely N-dealkylation sites (N-methyl/N-ethyl adjacent to an activating group) is 1. The number of carbonyl (C=O) groups is 1. The maximum absolute atomic E-state index is 12.4. The van der Waals surface area contributed by atoms with Gasteiger partial charge in [0.2, 0.25) is 5.91 Å². The van der Waals surface area contributed by atoms with Crippen LogP contribution in [-0.2, 0) is 9.53 Å². The summed E-state index contributed by atoms with van der Waals surface area (Å²) in [5, 5.41) is 6.89. The Morgan fingerprint density at radius 2 is 1.93 bits per heavy atom. The van der Waals surface area contributed by atoms with Crippen LogP contribution in [0.25, 0.3) is 0 Å². The second kappa shape index (κ2) is 12.6. The van der Waals surface area contributed by atoms with Crippen molar-refractivity contribution in [1.82, 2.24) is 10.2 Å². The molecule has 1 aromatic carbocycles. The van der Waals surface area contributed by atoms with Crippen molar-refractivity contribution in [2.45, 2.75) is 39.5 Å². The quantitative estimate of drug-likeness (QED) is 0.565. The van der Waals surface area contributed by atoms with E-state index in [1.54, 1.807) is 4.90 Å². The third-order valence-corrected chi connectivity index (χ3v) is 5.80. The number of unbranched alkanes of at least 4 members (excludes halogenated alkanes) is 1. The molecule has 0 aromatic heterocycles. The number of ether oxygens (including phenoxy) is 1. The molecule has 2 rings (SSSR count). The van der Waals surface area contributed by atoms with Gasteiger partial charge in [-0.15, -0.1) is 0 Å². The van der Waals surface area contributed by atoms with Gasteiger partial charge in [0.15, 0.2) is 5.11 Å². The summed E-state index contributed by atoms with van der Waals surface area (Å²) in [5.74, 6) is 0.550. The van der Waals surface area contributed by atoms with Gasteiger partial charge in [-0.1, -0.05) is 33.1 Å². The summed E-state index contributed by atoms with van der Waals surface area (Å²) >= 11 is 5.45. The van der Waals surface area contributed by atoms with E-state index in [2.05, 4.69) is 29.4 Å². The summed E-state index contributed by atoms with van der Waals surface area (Å²) in [6, 6.07) is 7.97. The van der Waals surface area contributed by atoms with Gasteiger partial charge in [0.25, 0.3) is 0 Å². The minimum atomic E-state index is -0.0752. The van der Waals surface area contributed by atoms with Gasteiger partial charge in [-0.2, -0.15) is 0 Å². The molecule has 0 spiro atoms. The fourth-order valence-corrected chi connectivity index (χ4v) is 3.52. The molecule has 1 aromatic rings. The average molecular weight is 421 g/mol. The van der Waals surface area contributed by atoms with E-state index < -0.39 is 0 Å². The van der Waals surface area contributed by atoms with Crippen molar-refractivity contribution in [2.24, 2.45) is 5.92 Å². The number of benzene rings is 1. The van der Waals surface area contributed by atoms with Gasteiger partial charge >= 0.3 is 0 Å². The first-order chi connectivity index (χ1) is 14.0. The van der Waals surface area contributed by atoms with Gasteiger partial charge in [-0.05, 0) is 48.8 Å². The van der Waals surface area contributed by atoms with Crippen molar-refractivity contribution in [1.29, 1.82) is 0 Å². The predicted molar refractivity (Wildman–Crippen MR) is 125 cm³/mol. The third-order valence-electron chi connectivity index (χ3n) is 5.34. The standard InChI is InChI=1S/C22H36N4O2S/c1-4-6-7-18(5-2)16-23-22(29)25(3)17-21(27)24-19-8-10-20(11-9-19)26-12-14-28-15-13-26/h8-11,18H,4-7,12-17H2,1-3H3,(H,23,29)(H,24,27)/t18-/m1/s1. The molecule has 1 saturated heterocycles. The number of nitrogens with zero attached hydrogens (tertiary/aromatic N) is 2. The van der Waals surface area contributed by atoms with Crippen LogP contribution in [0.2, 0.25) is 0 Å². The van der Waals surface area contributed by atoms with E-state index >= 15 is 0 Å². The van der Waals surface area contributed by atoms with E-state index in [1.165, 1.54) is 19.3 Å². The molecule has 7 heteroatoms. The Labute approximate surface area is 181 Å². The van der Waals surface area contributed by atoms with Crippen molar-refractivity contribution in [3.63, 3.8) is 0 Å². The number of amides is 1. The van der Waals surface area contributed by atoms with E-state index in [0.29, 0.717) is 11.0 Å². The number of carbonyl (C=O) groups excluding carboxylic acids is 1. The Morgan fingerprint density at radius 3 is 2.55 bits per heavy atom. The number of morpholine rings is 1. The van der Waals surface area contributed by atoms with Gasteiger partial charge in [0.05, 0.1) is 19.8 Å². The van der Waals surface area contributed by atoms with Gasteiger partial charge in [0.1, 0.15) is 0 Å². The Bertz CT molecular complexity index is 632. The van der Waals surface area contributed by atoms with Crippen molar-refractivity contribution in [3.8, 4) is 0 Å². The monoisotopic (exact) mass is 420 g/mol. The highest BCUT2D eigenvalue weighted by Gasteiger charge is 2.13. The number of hydrogen-bond donors (Lipinski definition) is 2. The zero-order valence-electron chi connectivity index (χ0n) is 18.1. The molecule has 1 heterocycles. The normalized spacial score (nSPS) is 14.9. The highest BCUT2D eigenvalue weighted by molar-refractivity contribution is 7.80. The fourth-order valence-electron chi connectivity index (χ4n) is 3.37. The fraction of sp³-hybridized carbons (Fsp3) is 0.636. The molecule has 1 amide bonds. The van der Waals surface area contributed by atoms with Gasteiger partial charge in [-0.25, -0.2) is 0 Å². The molecule has 1 fully saturated rings. The van der Waals surface area contributed by atoms with Crippen molar-refractivity contribution >= 4 is 34.6 Å². The summed E-state index contributed by atoms with van der Waals surface area (Å²) in [4.78, 5) is 16.5. The first-order valence-electron chi connectivity index (χ1n) is 10.7. The molecular formula is C22H36N4O2S. The Hall–Kier alpha value is -1.86. The smallest absolute Gasteiger partial charge is 0.243 e. The van der Waals surface area contributed by atoms with E-state index in [9.17, 15) is 4.79 Å². The number of anilines is 2. The van der Waals surface area contributed by atoms with E-state index in [-0.39, 0.29) is 12.5 Å². The summed E-state index contributed by atoms with van der Waals surface area (Å²) < 4.78 is 5.39. The lowest BCUT2D eigenvalue weighted by Gasteiger charge is -2.29. The lowest BCUT2D eigenvalue weighted by atomic mass is 9.99. The SMILES string of the molecule is CCCC[C@@H](CC)CNC(=S)N(C)CC(=O)Nc1ccc(N2CCOCC2)cc1. The van der Waals surface area contributed by atoms with Gasteiger partial charge < -0.3 is 25.2 Å². The highest BCUT2D eigenvalue weighted by atomic mass is 32.1. The van der Waals surface area contributed by atoms with Crippen LogP contribution in [0.3, 0.4) is 0 Å². The third kappa shape index (κ3) is 8.19. The Morgan fingerprint density at radius 1 is 1.24 bits per heavy atom. The molecule has 2 N–H and O–H groups in total. The minimum Gasteiger partial charge on any atom is -0.378 e. The summed E-state index contributed by atoms with van der Waals surface area (Å²) in [6.45, 7) is 8.84. The molecule has 162 valence electrons. The molecular weight excluding hydrogens is 384 g/mol. The highest BCUT2D eigenvalue weighted by Crippen LogP contribution is 2.19. The van der Waals surface area contributed by atoms with Crippen LogP contribution in [0.5, 0.6) is 0 Å². The van der Waals surface area contributed by atoms with Crippen LogP contribution in [0.1, 0.15) is 39.5 Å². The van der Waals surface area contributed by atoms with Crippen molar-refractivity contribution < 1.29 is 9.53 Å². The van der Waals surface area contributed by atoms with Gasteiger partial charge in [0, 0.05) is 38.1 Å². The molecule has 0 radical (unpaired) electrons. The molecule has 0 saturated carbocycles. The maximum Gasteiger partial charge on any atom is 0.243 e. The summed E-state index contributed by atoms with van der Waals surface area (Å²) in [5.41, 5.74) is 1.95. The second-order valence-electron chi connectivity index (χ2n) is 7.65. The van der Waals surface area contributed by atoms with Crippen LogP contribution in [0.4, 0.5) is 11.4 Å². The van der Waals surface area contributed by atoms with Gasteiger partial charge in [-0.3, -0.25) is 4.79 Å². The molecule has 29 heavy (non-hydrogen) atoms. The molecule has 0 aliphatic carbocycles. The summed E-state index contributed by atoms with van der Waals surface area (Å²) in [7, 11) is 1.85. The molecule has 1 aliphatic rings. The number of rotatable bonds is 10. The molecule has 6 nitrogen and oxygen atoms in total. The molecule has 0 bridgehead atoms. The summed E-state index contributed by atoms with van der Waals surface area (Å²) in [6.07, 6.45) is 4.82. The number of nitrogens with one attached hydrogen (secondary N) is 2. The molecule has 0 unspecified atom stereocenters. The topological polar surface area (TPSA) is 56.8 Å². The zero-order valence-corrected chi connectivity index (χ0v) is 18.9. The van der Waals surface area contributed by atoms with E-state index in [0.717, 1.165) is 50.6 Å². The first kappa shape index (κ1) is 23.4. The minimum absolute atomic E-state index is 0.0752. The van der Waals surface area contributed by atoms with Crippen LogP contribution in [0.15, 0.2) is 24.3 Å². The Kier molecular flexibility index (Phi) is 10.2. The van der Waals surface area contributed by atoms with Crippen molar-refractivity contribution in [3.05, 3.63) is 24.3 Å². The van der Waals surface area contributed by atoms with E-state index in [1.807, 2.05) is 31.3 Å². The predicted octanol–water partition coefficient (Wildman–Crippen LogP) is 3.48. The average Bonchev–Trinajstić information content (AvgIpc) is 2.74. The number of thiocarbonyl (C=S) groups is 1. The zero-order chi connectivity index (χ0) is 21.1. The molecule has 1 atom stereocenters. The first-order valence-corrected chi connectivity index (χ1v) is 11.2. The van der Waals surface area contributed by atoms with E-state index in [4.69, 9.17) is 17.0 Å². The molecule has 1 aliphatic heterocycles. The maximum atomic E-state index is 12.4.